The smallest absolute Gasteiger partial charge is 0.220 e. The van der Waals surface area contributed by atoms with E-state index in [2.05, 4.69) is 86.6 Å². The molecule has 0 aliphatic carbocycles. The fraction of sp³-hybridized carbons (Fsp3) is 0.366. The minimum Gasteiger partial charge on any atom is -0.359 e. The predicted molar refractivity (Wildman–Crippen MR) is 205 cm³/mol. The summed E-state index contributed by atoms with van der Waals surface area (Å²) in [6, 6.07) is 8.31. The standard InChI is InChI=1S/C41H50N6O2/c1-9-12-13-14-19-43-41(49)18-16-31-26(6)33-20-32-24(4)28(10-2)36(44-32)21-34-25(5)29(11-3)37(45-34)22-35-27(7)30(15-17-40(48)42-8)38(47-35)23-39(31)46-33/h10-11,20-23,44-45H,2-3,9,12-19H2,1,4-8H3,(H,42,48)(H,43,49). The van der Waals surface area contributed by atoms with Gasteiger partial charge in [-0.3, -0.25) is 9.59 Å². The molecule has 2 amide bonds. The van der Waals surface area contributed by atoms with E-state index in [1.54, 1.807) is 7.05 Å². The number of aromatic amines is 2. The average Bonchev–Trinajstić information content (AvgIpc) is 3.75. The van der Waals surface area contributed by atoms with Crippen LogP contribution in [0.2, 0.25) is 0 Å². The number of nitrogens with one attached hydrogen (secondary N) is 4. The number of H-pyrrole nitrogens is 2. The zero-order valence-electron chi connectivity index (χ0n) is 30.0. The van der Waals surface area contributed by atoms with Crippen molar-refractivity contribution in [3.05, 3.63) is 82.5 Å². The van der Waals surface area contributed by atoms with Crippen LogP contribution in [0.15, 0.2) is 37.4 Å². The monoisotopic (exact) mass is 658 g/mol. The van der Waals surface area contributed by atoms with Crippen molar-refractivity contribution in [3.8, 4) is 0 Å². The summed E-state index contributed by atoms with van der Waals surface area (Å²) in [5, 5.41) is 5.85. The van der Waals surface area contributed by atoms with E-state index in [4.69, 9.17) is 9.97 Å². The molecule has 8 heteroatoms. The van der Waals surface area contributed by atoms with Gasteiger partial charge in [-0.05, 0) is 105 Å². The van der Waals surface area contributed by atoms with Crippen molar-refractivity contribution in [2.24, 2.45) is 0 Å². The number of hydrogen-bond donors (Lipinski definition) is 4. The quantitative estimate of drug-likeness (QED) is 0.137. The molecule has 256 valence electrons. The lowest BCUT2D eigenvalue weighted by Gasteiger charge is -2.08. The molecule has 4 N–H and O–H groups in total. The number of carbonyl (C=O) groups excluding carboxylic acids is 2. The minimum absolute atomic E-state index is 0.0236. The first-order chi connectivity index (χ1) is 23.6. The summed E-state index contributed by atoms with van der Waals surface area (Å²) in [5.74, 6) is 0.0245. The molecule has 8 nitrogen and oxygen atoms in total. The van der Waals surface area contributed by atoms with Gasteiger partial charge in [-0.1, -0.05) is 51.5 Å². The van der Waals surface area contributed by atoms with Crippen molar-refractivity contribution in [1.82, 2.24) is 30.6 Å². The summed E-state index contributed by atoms with van der Waals surface area (Å²) in [6.07, 6.45) is 10.0. The van der Waals surface area contributed by atoms with Crippen LogP contribution in [0.4, 0.5) is 0 Å². The molecule has 0 aromatic carbocycles. The van der Waals surface area contributed by atoms with Crippen LogP contribution in [-0.4, -0.2) is 45.3 Å². The third-order valence-electron chi connectivity index (χ3n) is 9.88. The topological polar surface area (TPSA) is 116 Å². The van der Waals surface area contributed by atoms with E-state index in [-0.39, 0.29) is 11.8 Å². The number of aromatic nitrogens is 4. The molecule has 0 fully saturated rings. The zero-order chi connectivity index (χ0) is 35.2. The number of rotatable bonds is 13. The summed E-state index contributed by atoms with van der Waals surface area (Å²) in [7, 11) is 1.66. The molecular weight excluding hydrogens is 608 g/mol. The molecule has 0 saturated heterocycles. The van der Waals surface area contributed by atoms with Gasteiger partial charge in [-0.2, -0.15) is 0 Å². The lowest BCUT2D eigenvalue weighted by Crippen LogP contribution is -2.24. The molecule has 0 atom stereocenters. The highest BCUT2D eigenvalue weighted by Gasteiger charge is 2.23. The molecule has 2 aliphatic rings. The summed E-state index contributed by atoms with van der Waals surface area (Å²) in [6.45, 7) is 19.4. The molecular formula is C41H50N6O2. The maximum atomic E-state index is 12.9. The largest absolute Gasteiger partial charge is 0.359 e. The number of hydrogen-bond acceptors (Lipinski definition) is 4. The van der Waals surface area contributed by atoms with Crippen LogP contribution in [-0.2, 0) is 9.59 Å². The Balaban J connectivity index is 1.73. The van der Waals surface area contributed by atoms with E-state index in [9.17, 15) is 9.59 Å². The minimum atomic E-state index is -0.0236. The van der Waals surface area contributed by atoms with E-state index in [0.29, 0.717) is 32.2 Å². The molecule has 8 bridgehead atoms. The summed E-state index contributed by atoms with van der Waals surface area (Å²) < 4.78 is 0. The molecule has 0 radical (unpaired) electrons. The third kappa shape index (κ3) is 7.53. The lowest BCUT2D eigenvalue weighted by atomic mass is 9.98. The van der Waals surface area contributed by atoms with Crippen molar-refractivity contribution >= 4 is 68.3 Å². The van der Waals surface area contributed by atoms with Crippen LogP contribution in [0.25, 0.3) is 56.5 Å². The number of aryl methyl sites for hydroxylation is 2. The van der Waals surface area contributed by atoms with Gasteiger partial charge in [0.15, 0.2) is 0 Å². The number of carbonyl (C=O) groups is 2. The summed E-state index contributed by atoms with van der Waals surface area (Å²) in [5.41, 5.74) is 15.3. The van der Waals surface area contributed by atoms with E-state index >= 15 is 0 Å². The molecule has 3 aromatic heterocycles. The van der Waals surface area contributed by atoms with Crippen LogP contribution in [0.5, 0.6) is 0 Å². The van der Waals surface area contributed by atoms with Crippen molar-refractivity contribution in [2.75, 3.05) is 13.6 Å². The maximum absolute atomic E-state index is 12.9. The highest BCUT2D eigenvalue weighted by molar-refractivity contribution is 5.97. The first-order valence-electron chi connectivity index (χ1n) is 17.5. The van der Waals surface area contributed by atoms with Gasteiger partial charge in [0.25, 0.3) is 0 Å². The average molecular weight is 659 g/mol. The molecule has 0 unspecified atom stereocenters. The van der Waals surface area contributed by atoms with Gasteiger partial charge in [0, 0.05) is 59.6 Å². The Morgan fingerprint density at radius 3 is 1.73 bits per heavy atom. The fourth-order valence-electron chi connectivity index (χ4n) is 6.77. The molecule has 0 spiro atoms. The van der Waals surface area contributed by atoms with Crippen molar-refractivity contribution in [2.45, 2.75) is 86.0 Å². The number of fused-ring (bicyclic) bond motifs is 8. The molecule has 2 aliphatic heterocycles. The van der Waals surface area contributed by atoms with Crippen LogP contribution in [0.1, 0.15) is 117 Å². The fourth-order valence-corrected chi connectivity index (χ4v) is 6.77. The SMILES string of the molecule is C=Cc1c(C)c2cc3[nH]c(cc4nc(cc5nc(cc1[nH]2)C(C)=C5CCC(=O)NC)C(CCC(=O)NCCCCCC)=C4C)c(C)c3C=C. The van der Waals surface area contributed by atoms with Gasteiger partial charge in [0.05, 0.1) is 22.8 Å². The first kappa shape index (κ1) is 35.3. The molecule has 49 heavy (non-hydrogen) atoms. The second-order valence-corrected chi connectivity index (χ2v) is 13.0. The number of nitrogens with zero attached hydrogens (tertiary/aromatic N) is 2. The highest BCUT2D eigenvalue weighted by atomic mass is 16.2. The van der Waals surface area contributed by atoms with Crippen molar-refractivity contribution in [3.63, 3.8) is 0 Å². The normalized spacial score (nSPS) is 12.8. The van der Waals surface area contributed by atoms with Gasteiger partial charge in [-0.15, -0.1) is 0 Å². The zero-order valence-corrected chi connectivity index (χ0v) is 30.0. The Labute approximate surface area is 290 Å². The number of allylic oxidation sites excluding steroid dienone is 4. The van der Waals surface area contributed by atoms with Crippen molar-refractivity contribution in [1.29, 1.82) is 0 Å². The Morgan fingerprint density at radius 2 is 1.20 bits per heavy atom. The summed E-state index contributed by atoms with van der Waals surface area (Å²) in [4.78, 5) is 42.9. The van der Waals surface area contributed by atoms with E-state index in [1.165, 1.54) is 12.8 Å². The molecule has 3 aromatic rings. The Kier molecular flexibility index (Phi) is 11.2. The highest BCUT2D eigenvalue weighted by Crippen LogP contribution is 2.38. The third-order valence-corrected chi connectivity index (χ3v) is 9.88. The van der Waals surface area contributed by atoms with Gasteiger partial charge in [0.2, 0.25) is 11.8 Å². The summed E-state index contributed by atoms with van der Waals surface area (Å²) >= 11 is 0. The number of amides is 2. The van der Waals surface area contributed by atoms with E-state index in [1.807, 2.05) is 18.2 Å². The van der Waals surface area contributed by atoms with Gasteiger partial charge in [0.1, 0.15) is 0 Å². The van der Waals surface area contributed by atoms with Gasteiger partial charge >= 0.3 is 0 Å². The van der Waals surface area contributed by atoms with Crippen LogP contribution in [0.3, 0.4) is 0 Å². The lowest BCUT2D eigenvalue weighted by molar-refractivity contribution is -0.121. The maximum Gasteiger partial charge on any atom is 0.220 e. The molecule has 0 saturated carbocycles. The van der Waals surface area contributed by atoms with Gasteiger partial charge < -0.3 is 20.6 Å². The van der Waals surface area contributed by atoms with Crippen LogP contribution >= 0.6 is 0 Å². The number of unbranched alkanes of at least 4 members (excludes halogenated alkanes) is 3. The Morgan fingerprint density at radius 1 is 0.694 bits per heavy atom. The molecule has 5 heterocycles. The first-order valence-corrected chi connectivity index (χ1v) is 17.5. The van der Waals surface area contributed by atoms with Crippen LogP contribution in [0, 0.1) is 13.8 Å². The Hall–Kier alpha value is -4.98. The van der Waals surface area contributed by atoms with Crippen molar-refractivity contribution < 1.29 is 9.59 Å². The van der Waals surface area contributed by atoms with Crippen LogP contribution < -0.4 is 10.6 Å². The second kappa shape index (κ2) is 15.5. The predicted octanol–water partition coefficient (Wildman–Crippen LogP) is 9.08. The van der Waals surface area contributed by atoms with E-state index in [0.717, 1.165) is 102 Å². The second-order valence-electron chi connectivity index (χ2n) is 13.0. The Bertz CT molecular complexity index is 2040. The van der Waals surface area contributed by atoms with E-state index < -0.39 is 0 Å². The molecule has 5 rings (SSSR count). The van der Waals surface area contributed by atoms with Gasteiger partial charge in [-0.25, -0.2) is 9.97 Å².